The van der Waals surface area contributed by atoms with E-state index in [4.69, 9.17) is 5.11 Å². The maximum Gasteiger partial charge on any atom is 0.234 e. The summed E-state index contributed by atoms with van der Waals surface area (Å²) in [5, 5.41) is 11.7. The molecule has 0 bridgehead atoms. The molecule has 0 spiro atoms. The summed E-state index contributed by atoms with van der Waals surface area (Å²) in [5.41, 5.74) is 0. The Kier molecular flexibility index (Phi) is 6.49. The Hall–Kier alpha value is -0.610. The molecule has 0 saturated carbocycles. The second-order valence-electron chi connectivity index (χ2n) is 4.17. The summed E-state index contributed by atoms with van der Waals surface area (Å²) in [6.45, 7) is 4.59. The minimum Gasteiger partial charge on any atom is -0.396 e. The Bertz CT molecular complexity index is 170. The number of hydrogen-bond acceptors (Lipinski definition) is 3. The Balaban J connectivity index is 3.96. The van der Waals surface area contributed by atoms with E-state index in [1.165, 1.54) is 0 Å². The third-order valence-electron chi connectivity index (χ3n) is 2.05. The largest absolute Gasteiger partial charge is 0.396 e. The molecule has 0 saturated heterocycles. The molecular weight excluding hydrogens is 180 g/mol. The number of aliphatic hydroxyl groups is 1. The lowest BCUT2D eigenvalue weighted by molar-refractivity contribution is -0.122. The van der Waals surface area contributed by atoms with E-state index in [1.807, 2.05) is 32.8 Å². The first-order chi connectivity index (χ1) is 6.47. The van der Waals surface area contributed by atoms with Crippen LogP contribution >= 0.6 is 0 Å². The van der Waals surface area contributed by atoms with Crippen molar-refractivity contribution in [1.29, 1.82) is 0 Å². The van der Waals surface area contributed by atoms with Gasteiger partial charge in [-0.3, -0.25) is 4.79 Å². The Morgan fingerprint density at radius 2 is 2.00 bits per heavy atom. The molecule has 0 radical (unpaired) electrons. The number of nitrogens with zero attached hydrogens (tertiary/aromatic N) is 1. The van der Waals surface area contributed by atoms with Crippen molar-refractivity contribution in [2.45, 2.75) is 26.3 Å². The van der Waals surface area contributed by atoms with Crippen molar-refractivity contribution in [2.75, 3.05) is 27.2 Å². The molecule has 0 aromatic rings. The molecule has 0 aromatic carbocycles. The minimum absolute atomic E-state index is 0.0159. The Morgan fingerprint density at radius 3 is 2.36 bits per heavy atom. The first-order valence-corrected chi connectivity index (χ1v) is 5.02. The van der Waals surface area contributed by atoms with E-state index >= 15 is 0 Å². The van der Waals surface area contributed by atoms with Gasteiger partial charge in [0, 0.05) is 12.6 Å². The molecule has 1 amide bonds. The highest BCUT2D eigenvalue weighted by molar-refractivity contribution is 5.78. The maximum atomic E-state index is 11.4. The quantitative estimate of drug-likeness (QED) is 0.641. The van der Waals surface area contributed by atoms with Gasteiger partial charge in [0.1, 0.15) is 0 Å². The molecule has 4 heteroatoms. The number of likely N-dealkylation sites (N-methyl/N-ethyl adjacent to an activating group) is 1. The van der Waals surface area contributed by atoms with Gasteiger partial charge in [-0.2, -0.15) is 0 Å². The van der Waals surface area contributed by atoms with E-state index in [9.17, 15) is 4.79 Å². The fraction of sp³-hybridized carbons (Fsp3) is 0.900. The number of nitrogens with one attached hydrogen (secondary N) is 1. The molecular formula is C10H22N2O2. The van der Waals surface area contributed by atoms with Crippen LogP contribution in [0.3, 0.4) is 0 Å². The molecule has 0 aliphatic rings. The SMILES string of the molecule is CC(C)C(CCO)NC(=O)CN(C)C. The van der Waals surface area contributed by atoms with E-state index in [-0.39, 0.29) is 18.6 Å². The summed E-state index contributed by atoms with van der Waals surface area (Å²) in [5.74, 6) is 0.371. The van der Waals surface area contributed by atoms with Gasteiger partial charge in [0.2, 0.25) is 5.91 Å². The van der Waals surface area contributed by atoms with Gasteiger partial charge < -0.3 is 15.3 Å². The fourth-order valence-corrected chi connectivity index (χ4v) is 1.25. The lowest BCUT2D eigenvalue weighted by Gasteiger charge is -2.22. The van der Waals surface area contributed by atoms with Crippen LogP contribution in [-0.4, -0.2) is 49.2 Å². The monoisotopic (exact) mass is 202 g/mol. The summed E-state index contributed by atoms with van der Waals surface area (Å²) in [4.78, 5) is 13.2. The van der Waals surface area contributed by atoms with E-state index in [0.717, 1.165) is 0 Å². The number of carbonyl (C=O) groups excluding carboxylic acids is 1. The highest BCUT2D eigenvalue weighted by Gasteiger charge is 2.15. The van der Waals surface area contributed by atoms with Gasteiger partial charge in [0.05, 0.1) is 6.54 Å². The summed E-state index contributed by atoms with van der Waals surface area (Å²) in [6, 6.07) is 0.0763. The lowest BCUT2D eigenvalue weighted by Crippen LogP contribution is -2.43. The molecule has 84 valence electrons. The molecule has 4 nitrogen and oxygen atoms in total. The van der Waals surface area contributed by atoms with Crippen LogP contribution in [0.5, 0.6) is 0 Å². The van der Waals surface area contributed by atoms with Crippen LogP contribution in [0.1, 0.15) is 20.3 Å². The van der Waals surface area contributed by atoms with Gasteiger partial charge in [0.15, 0.2) is 0 Å². The molecule has 0 rings (SSSR count). The fourth-order valence-electron chi connectivity index (χ4n) is 1.25. The van der Waals surface area contributed by atoms with Crippen molar-refractivity contribution in [3.05, 3.63) is 0 Å². The van der Waals surface area contributed by atoms with Crippen LogP contribution in [0.4, 0.5) is 0 Å². The Labute approximate surface area is 86.3 Å². The summed E-state index contributed by atoms with van der Waals surface area (Å²) in [6.07, 6.45) is 0.622. The van der Waals surface area contributed by atoms with Gasteiger partial charge in [0.25, 0.3) is 0 Å². The van der Waals surface area contributed by atoms with Crippen LogP contribution in [0, 0.1) is 5.92 Å². The number of aliphatic hydroxyl groups excluding tert-OH is 1. The molecule has 14 heavy (non-hydrogen) atoms. The molecule has 2 N–H and O–H groups in total. The summed E-state index contributed by atoms with van der Waals surface area (Å²) >= 11 is 0. The first-order valence-electron chi connectivity index (χ1n) is 5.02. The molecule has 0 fully saturated rings. The molecule has 1 atom stereocenters. The molecule has 0 aromatic heterocycles. The average Bonchev–Trinajstić information content (AvgIpc) is 2.01. The minimum atomic E-state index is 0.0159. The number of rotatable bonds is 6. The normalized spacial score (nSPS) is 13.4. The standard InChI is InChI=1S/C10H22N2O2/c1-8(2)9(5-6-13)11-10(14)7-12(3)4/h8-9,13H,5-7H2,1-4H3,(H,11,14). The smallest absolute Gasteiger partial charge is 0.234 e. The van der Waals surface area contributed by atoms with Crippen molar-refractivity contribution in [2.24, 2.45) is 5.92 Å². The van der Waals surface area contributed by atoms with Gasteiger partial charge >= 0.3 is 0 Å². The highest BCUT2D eigenvalue weighted by atomic mass is 16.3. The number of amides is 1. The van der Waals surface area contributed by atoms with Crippen molar-refractivity contribution in [3.63, 3.8) is 0 Å². The predicted octanol–water partition coefficient (Wildman–Crippen LogP) is 0.0712. The number of hydrogen-bond donors (Lipinski definition) is 2. The molecule has 1 unspecified atom stereocenters. The van der Waals surface area contributed by atoms with Crippen molar-refractivity contribution in [3.8, 4) is 0 Å². The highest BCUT2D eigenvalue weighted by Crippen LogP contribution is 2.05. The van der Waals surface area contributed by atoms with Crippen molar-refractivity contribution in [1.82, 2.24) is 10.2 Å². The van der Waals surface area contributed by atoms with Gasteiger partial charge in [-0.15, -0.1) is 0 Å². The van der Waals surface area contributed by atoms with Crippen LogP contribution in [-0.2, 0) is 4.79 Å². The molecule has 0 aliphatic heterocycles. The maximum absolute atomic E-state index is 11.4. The van der Waals surface area contributed by atoms with E-state index in [2.05, 4.69) is 5.32 Å². The van der Waals surface area contributed by atoms with Gasteiger partial charge in [-0.05, 0) is 26.4 Å². The van der Waals surface area contributed by atoms with E-state index < -0.39 is 0 Å². The molecule has 0 aliphatic carbocycles. The van der Waals surface area contributed by atoms with E-state index in [0.29, 0.717) is 18.9 Å². The topological polar surface area (TPSA) is 52.6 Å². The summed E-state index contributed by atoms with van der Waals surface area (Å²) in [7, 11) is 3.71. The third kappa shape index (κ3) is 5.94. The van der Waals surface area contributed by atoms with E-state index in [1.54, 1.807) is 0 Å². The second-order valence-corrected chi connectivity index (χ2v) is 4.17. The van der Waals surface area contributed by atoms with Crippen molar-refractivity contribution < 1.29 is 9.90 Å². The summed E-state index contributed by atoms with van der Waals surface area (Å²) < 4.78 is 0. The zero-order valence-electron chi connectivity index (χ0n) is 9.58. The number of carbonyl (C=O) groups is 1. The zero-order valence-corrected chi connectivity index (χ0v) is 9.58. The van der Waals surface area contributed by atoms with Crippen molar-refractivity contribution >= 4 is 5.91 Å². The van der Waals surface area contributed by atoms with Crippen LogP contribution in [0.2, 0.25) is 0 Å². The predicted molar refractivity (Wildman–Crippen MR) is 57.0 cm³/mol. The van der Waals surface area contributed by atoms with Gasteiger partial charge in [-0.1, -0.05) is 13.8 Å². The zero-order chi connectivity index (χ0) is 11.1. The third-order valence-corrected chi connectivity index (χ3v) is 2.05. The second kappa shape index (κ2) is 6.79. The van der Waals surface area contributed by atoms with Crippen LogP contribution in [0.25, 0.3) is 0 Å². The van der Waals surface area contributed by atoms with Crippen LogP contribution in [0.15, 0.2) is 0 Å². The van der Waals surface area contributed by atoms with Gasteiger partial charge in [-0.25, -0.2) is 0 Å². The lowest BCUT2D eigenvalue weighted by atomic mass is 10.0. The average molecular weight is 202 g/mol. The first kappa shape index (κ1) is 13.4. The Morgan fingerprint density at radius 1 is 1.43 bits per heavy atom. The van der Waals surface area contributed by atoms with Crippen LogP contribution < -0.4 is 5.32 Å². The molecule has 0 heterocycles.